The van der Waals surface area contributed by atoms with Gasteiger partial charge in [-0.2, -0.15) is 52.7 Å². The summed E-state index contributed by atoms with van der Waals surface area (Å²) in [7, 11) is 0. The molecule has 2 spiro atoms. The quantitative estimate of drug-likeness (QED) is 0.0693. The molecule has 0 saturated carbocycles. The first kappa shape index (κ1) is 59.1. The van der Waals surface area contributed by atoms with Crippen LogP contribution in [0.1, 0.15) is 128 Å². The standard InChI is InChI=1S/C29H31ClF6N2O4.C25H26F6N2O2/c1-19(20-14-22(28(31,32)33)16-23(15-20)29(34,35)36)42-18-27(21-6-3-2-4-7-21)11-10-26(9-8-24(39)37-26)17-38(27)25(40)41-13-5-12-30;1-16(17-11-19(24(26,27)28)13-20(12-17)25(29,30)31)35-15-23(18-5-3-2-4-6-18)10-9-22(14-32-23)8-7-21(34)33-22/h2-4,6-7,14-16,19H,5,8-13,17-18H2,1H3,(H,37,39);2-6,11-13,16,32H,7-10,14-15H2,1H3,(H,33,34)/t19-,26-,27-;16-,22-,23-/m11/s1. The Morgan fingerprint density at radius 1 is 0.597 bits per heavy atom. The van der Waals surface area contributed by atoms with Crippen molar-refractivity contribution in [1.29, 1.82) is 0 Å². The fourth-order valence-corrected chi connectivity index (χ4v) is 10.5. The van der Waals surface area contributed by atoms with Crippen molar-refractivity contribution in [3.8, 4) is 0 Å². The first-order valence-corrected chi connectivity index (χ1v) is 25.4. The molecular formula is C54H57ClF12N4O6. The highest BCUT2D eigenvalue weighted by atomic mass is 35.5. The van der Waals surface area contributed by atoms with Crippen LogP contribution in [0.25, 0.3) is 0 Å². The van der Waals surface area contributed by atoms with Crippen molar-refractivity contribution in [1.82, 2.24) is 20.9 Å². The van der Waals surface area contributed by atoms with Gasteiger partial charge in [0.15, 0.2) is 0 Å². The number of amides is 3. The van der Waals surface area contributed by atoms with Crippen LogP contribution in [0.2, 0.25) is 0 Å². The molecule has 0 bridgehead atoms. The minimum absolute atomic E-state index is 0.00565. The number of likely N-dealkylation sites (tertiary alicyclic amines) is 1. The molecule has 4 aliphatic rings. The van der Waals surface area contributed by atoms with E-state index in [-0.39, 0.29) is 85.7 Å². The summed E-state index contributed by atoms with van der Waals surface area (Å²) < 4.78 is 178. The average molecular weight is 1120 g/mol. The SMILES string of the molecule is C[C@@H](OC[C@@]1(c2ccccc2)CC[C@]2(CCC(=O)N2)CN1)c1cc(C(F)(F)F)cc(C(F)(F)F)c1.C[C@@H](OC[C@@]1(c2ccccc2)CC[C@]2(CCC(=O)N2)CN1C(=O)OCCCCl)c1cc(C(F)(F)F)cc(C(F)(F)F)c1. The molecule has 4 aromatic carbocycles. The Balaban J connectivity index is 0.000000227. The van der Waals surface area contributed by atoms with E-state index in [1.54, 1.807) is 30.3 Å². The smallest absolute Gasteiger partial charge is 0.416 e. The highest BCUT2D eigenvalue weighted by molar-refractivity contribution is 6.17. The highest BCUT2D eigenvalue weighted by Crippen LogP contribution is 2.47. The largest absolute Gasteiger partial charge is 0.449 e. The molecule has 77 heavy (non-hydrogen) atoms. The number of alkyl halides is 13. The van der Waals surface area contributed by atoms with Gasteiger partial charge >= 0.3 is 30.8 Å². The number of piperidine rings is 2. The van der Waals surface area contributed by atoms with Crippen LogP contribution in [0, 0.1) is 0 Å². The van der Waals surface area contributed by atoms with Crippen molar-refractivity contribution in [2.24, 2.45) is 0 Å². The maximum Gasteiger partial charge on any atom is 0.416 e. The monoisotopic (exact) mass is 1120 g/mol. The molecule has 4 aliphatic heterocycles. The third-order valence-electron chi connectivity index (χ3n) is 14.9. The molecule has 0 unspecified atom stereocenters. The van der Waals surface area contributed by atoms with Gasteiger partial charge in [0, 0.05) is 31.8 Å². The van der Waals surface area contributed by atoms with Gasteiger partial charge in [0.2, 0.25) is 11.8 Å². The fraction of sp³-hybridized carbons (Fsp3) is 0.500. The Labute approximate surface area is 441 Å². The van der Waals surface area contributed by atoms with Crippen molar-refractivity contribution in [3.05, 3.63) is 142 Å². The molecule has 23 heteroatoms. The van der Waals surface area contributed by atoms with E-state index >= 15 is 0 Å². The van der Waals surface area contributed by atoms with E-state index in [9.17, 15) is 67.1 Å². The number of hydrogen-bond donors (Lipinski definition) is 3. The van der Waals surface area contributed by atoms with E-state index in [2.05, 4.69) is 16.0 Å². The Hall–Kier alpha value is -5.58. The van der Waals surface area contributed by atoms with Crippen LogP contribution in [-0.4, -0.2) is 72.7 Å². The number of carbonyl (C=O) groups is 3. The molecule has 420 valence electrons. The molecule has 0 radical (unpaired) electrons. The van der Waals surface area contributed by atoms with Crippen LogP contribution in [0.5, 0.6) is 0 Å². The van der Waals surface area contributed by atoms with Crippen LogP contribution in [0.3, 0.4) is 0 Å². The minimum Gasteiger partial charge on any atom is -0.449 e. The Kier molecular flexibility index (Phi) is 17.7. The van der Waals surface area contributed by atoms with E-state index in [0.717, 1.165) is 5.56 Å². The van der Waals surface area contributed by atoms with Crippen LogP contribution in [0.15, 0.2) is 97.1 Å². The predicted molar refractivity (Wildman–Crippen MR) is 258 cm³/mol. The summed E-state index contributed by atoms with van der Waals surface area (Å²) >= 11 is 5.75. The molecule has 4 fully saturated rings. The lowest BCUT2D eigenvalue weighted by molar-refractivity contribution is -0.145. The molecule has 8 rings (SSSR count). The second-order valence-electron chi connectivity index (χ2n) is 20.2. The van der Waals surface area contributed by atoms with Gasteiger partial charge in [0.1, 0.15) is 0 Å². The molecule has 4 heterocycles. The summed E-state index contributed by atoms with van der Waals surface area (Å²) in [6.45, 7) is 3.16. The van der Waals surface area contributed by atoms with Crippen molar-refractivity contribution >= 4 is 29.5 Å². The molecule has 10 nitrogen and oxygen atoms in total. The summed E-state index contributed by atoms with van der Waals surface area (Å²) in [6, 6.07) is 21.0. The van der Waals surface area contributed by atoms with Gasteiger partial charge in [0.05, 0.1) is 76.4 Å². The van der Waals surface area contributed by atoms with E-state index < -0.39 is 81.9 Å². The Bertz CT molecular complexity index is 2640. The second kappa shape index (κ2) is 23.0. The van der Waals surface area contributed by atoms with Crippen molar-refractivity contribution in [2.75, 3.05) is 38.8 Å². The normalized spacial score (nSPS) is 24.7. The molecule has 4 saturated heterocycles. The second-order valence-corrected chi connectivity index (χ2v) is 20.6. The van der Waals surface area contributed by atoms with E-state index in [4.69, 9.17) is 25.8 Å². The Morgan fingerprint density at radius 3 is 1.45 bits per heavy atom. The van der Waals surface area contributed by atoms with Crippen LogP contribution < -0.4 is 16.0 Å². The summed E-state index contributed by atoms with van der Waals surface area (Å²) in [5, 5.41) is 9.49. The minimum atomic E-state index is -5.01. The van der Waals surface area contributed by atoms with Gasteiger partial charge in [-0.25, -0.2) is 4.79 Å². The van der Waals surface area contributed by atoms with Crippen molar-refractivity contribution < 1.29 is 81.3 Å². The summed E-state index contributed by atoms with van der Waals surface area (Å²) in [4.78, 5) is 39.0. The molecule has 3 amide bonds. The summed E-state index contributed by atoms with van der Waals surface area (Å²) in [6.07, 6.45) is -18.5. The third kappa shape index (κ3) is 14.0. The first-order valence-electron chi connectivity index (χ1n) is 24.8. The number of rotatable bonds is 13. The van der Waals surface area contributed by atoms with Gasteiger partial charge in [-0.15, -0.1) is 11.6 Å². The number of carbonyl (C=O) groups excluding carboxylic acids is 3. The van der Waals surface area contributed by atoms with Crippen LogP contribution in [0.4, 0.5) is 57.5 Å². The maximum absolute atomic E-state index is 13.6. The predicted octanol–water partition coefficient (Wildman–Crippen LogP) is 12.9. The number of ether oxygens (including phenoxy) is 3. The van der Waals surface area contributed by atoms with Gasteiger partial charge in [-0.3, -0.25) is 14.5 Å². The van der Waals surface area contributed by atoms with Crippen molar-refractivity contribution in [2.45, 2.75) is 131 Å². The lowest BCUT2D eigenvalue weighted by atomic mass is 9.74. The maximum atomic E-state index is 13.6. The zero-order valence-corrected chi connectivity index (χ0v) is 42.6. The third-order valence-corrected chi connectivity index (χ3v) is 15.2. The van der Waals surface area contributed by atoms with Crippen molar-refractivity contribution in [3.63, 3.8) is 0 Å². The molecule has 3 N–H and O–H groups in total. The topological polar surface area (TPSA) is 118 Å². The first-order chi connectivity index (χ1) is 36.0. The Morgan fingerprint density at radius 2 is 1.04 bits per heavy atom. The summed E-state index contributed by atoms with van der Waals surface area (Å²) in [5.41, 5.74) is -7.56. The number of hydrogen-bond acceptors (Lipinski definition) is 7. The fourth-order valence-electron chi connectivity index (χ4n) is 10.4. The number of nitrogens with one attached hydrogen (secondary N) is 3. The lowest BCUT2D eigenvalue weighted by Crippen LogP contribution is -2.65. The van der Waals surface area contributed by atoms with Gasteiger partial charge < -0.3 is 30.2 Å². The van der Waals surface area contributed by atoms with Gasteiger partial charge in [-0.05, 0) is 117 Å². The zero-order valence-electron chi connectivity index (χ0n) is 41.8. The van der Waals surface area contributed by atoms with Gasteiger partial charge in [0.25, 0.3) is 0 Å². The molecule has 4 aromatic rings. The molecule has 0 aromatic heterocycles. The number of nitrogens with zero attached hydrogens (tertiary/aromatic N) is 1. The van der Waals surface area contributed by atoms with E-state index in [1.165, 1.54) is 18.7 Å². The summed E-state index contributed by atoms with van der Waals surface area (Å²) in [5.74, 6) is 0.107. The van der Waals surface area contributed by atoms with E-state index in [0.29, 0.717) is 81.3 Å². The average Bonchev–Trinajstić information content (AvgIpc) is 4.00. The van der Waals surface area contributed by atoms with Gasteiger partial charge in [-0.1, -0.05) is 60.7 Å². The zero-order chi connectivity index (χ0) is 56.2. The molecule has 0 aliphatic carbocycles. The van der Waals surface area contributed by atoms with Crippen LogP contribution >= 0.6 is 11.6 Å². The molecule has 6 atom stereocenters. The molecular weight excluding hydrogens is 1060 g/mol. The lowest BCUT2D eigenvalue weighted by Gasteiger charge is -2.52. The van der Waals surface area contributed by atoms with Crippen LogP contribution in [-0.2, 0) is 59.6 Å². The number of benzene rings is 4. The highest BCUT2D eigenvalue weighted by Gasteiger charge is 2.54. The number of halogens is 13. The van der Waals surface area contributed by atoms with E-state index in [1.807, 2.05) is 30.3 Å².